The van der Waals surface area contributed by atoms with Crippen molar-refractivity contribution in [3.63, 3.8) is 0 Å². The van der Waals surface area contributed by atoms with Gasteiger partial charge in [-0.15, -0.1) is 36.2 Å². The molecule has 0 amide bonds. The van der Waals surface area contributed by atoms with Crippen molar-refractivity contribution in [3.8, 4) is 0 Å². The smallest absolute Gasteiger partial charge is 0.134 e. The van der Waals surface area contributed by atoms with E-state index in [1.807, 2.05) is 0 Å². The molecule has 0 aliphatic heterocycles. The second kappa shape index (κ2) is 5.66. The van der Waals surface area contributed by atoms with Crippen molar-refractivity contribution < 1.29 is 0 Å². The molecule has 64 valence electrons. The lowest BCUT2D eigenvalue weighted by Gasteiger charge is -1.89. The zero-order chi connectivity index (χ0) is 6.85. The van der Waals surface area contributed by atoms with Crippen LogP contribution in [0.4, 0.5) is 0 Å². The van der Waals surface area contributed by atoms with Gasteiger partial charge in [-0.1, -0.05) is 11.6 Å². The van der Waals surface area contributed by atoms with Crippen molar-refractivity contribution in [2.24, 2.45) is 5.73 Å². The van der Waals surface area contributed by atoms with Crippen molar-refractivity contribution in [3.05, 3.63) is 21.3 Å². The summed E-state index contributed by atoms with van der Waals surface area (Å²) in [6.07, 6.45) is 0. The highest BCUT2D eigenvalue weighted by molar-refractivity contribution is 7.12. The van der Waals surface area contributed by atoms with E-state index in [1.165, 1.54) is 11.3 Å². The number of nitrogens with one attached hydrogen (secondary N) is 1. The van der Waals surface area contributed by atoms with Crippen molar-refractivity contribution >= 4 is 53.6 Å². The lowest BCUT2D eigenvalue weighted by molar-refractivity contribution is 1.45. The van der Waals surface area contributed by atoms with Crippen LogP contribution < -0.4 is 5.73 Å². The van der Waals surface area contributed by atoms with E-state index in [4.69, 9.17) is 22.7 Å². The van der Waals surface area contributed by atoms with Crippen LogP contribution in [0.1, 0.15) is 4.88 Å². The van der Waals surface area contributed by atoms with E-state index >= 15 is 0 Å². The van der Waals surface area contributed by atoms with E-state index in [9.17, 15) is 0 Å². The summed E-state index contributed by atoms with van der Waals surface area (Å²) in [6, 6.07) is 1.73. The number of halogens is 3. The van der Waals surface area contributed by atoms with Crippen molar-refractivity contribution in [1.29, 1.82) is 5.41 Å². The van der Waals surface area contributed by atoms with Crippen LogP contribution in [0.5, 0.6) is 0 Å². The quantitative estimate of drug-likeness (QED) is 0.568. The van der Waals surface area contributed by atoms with Crippen LogP contribution in [-0.2, 0) is 0 Å². The largest absolute Gasteiger partial charge is 0.383 e. The molecule has 0 aliphatic carbocycles. The van der Waals surface area contributed by atoms with Gasteiger partial charge in [-0.3, -0.25) is 5.41 Å². The number of rotatable bonds is 1. The standard InChI is InChI=1S/C5H5ClN2S.2ClH/c6-3-1-2-9-4(3)5(7)8;;/h1-2H,(H3,7,8);2*1H. The minimum atomic E-state index is 0. The highest BCUT2D eigenvalue weighted by Crippen LogP contribution is 2.20. The Morgan fingerprint density at radius 2 is 2.09 bits per heavy atom. The van der Waals surface area contributed by atoms with Gasteiger partial charge in [-0.05, 0) is 11.4 Å². The van der Waals surface area contributed by atoms with E-state index in [1.54, 1.807) is 11.4 Å². The second-order valence-electron chi connectivity index (χ2n) is 1.51. The summed E-state index contributed by atoms with van der Waals surface area (Å²) in [7, 11) is 0. The normalized spacial score (nSPS) is 7.73. The summed E-state index contributed by atoms with van der Waals surface area (Å²) in [5, 5.41) is 9.36. The van der Waals surface area contributed by atoms with E-state index in [2.05, 4.69) is 0 Å². The van der Waals surface area contributed by atoms with Gasteiger partial charge in [-0.2, -0.15) is 0 Å². The molecule has 1 aromatic heterocycles. The molecule has 0 saturated heterocycles. The lowest BCUT2D eigenvalue weighted by Crippen LogP contribution is -2.08. The molecule has 0 unspecified atom stereocenters. The van der Waals surface area contributed by atoms with Crippen molar-refractivity contribution in [2.75, 3.05) is 0 Å². The third kappa shape index (κ3) is 3.29. The maximum Gasteiger partial charge on any atom is 0.134 e. The SMILES string of the molecule is Cl.Cl.N=C(N)c1sccc1Cl. The fourth-order valence-electron chi connectivity index (χ4n) is 0.486. The highest BCUT2D eigenvalue weighted by atomic mass is 35.5. The van der Waals surface area contributed by atoms with Gasteiger partial charge >= 0.3 is 0 Å². The number of amidine groups is 1. The zero-order valence-electron chi connectivity index (χ0n) is 5.33. The van der Waals surface area contributed by atoms with Gasteiger partial charge in [0, 0.05) is 0 Å². The number of thiophene rings is 1. The number of hydrogen-bond donors (Lipinski definition) is 2. The van der Waals surface area contributed by atoms with Crippen LogP contribution >= 0.6 is 47.8 Å². The Morgan fingerprint density at radius 3 is 2.27 bits per heavy atom. The Bertz CT molecular complexity index is 235. The van der Waals surface area contributed by atoms with Crippen LogP contribution in [0, 0.1) is 5.41 Å². The molecule has 0 radical (unpaired) electrons. The van der Waals surface area contributed by atoms with E-state index in [0.29, 0.717) is 9.90 Å². The van der Waals surface area contributed by atoms with Gasteiger partial charge in [0.15, 0.2) is 0 Å². The third-order valence-electron chi connectivity index (χ3n) is 0.862. The fourth-order valence-corrected chi connectivity index (χ4v) is 1.51. The van der Waals surface area contributed by atoms with Crippen LogP contribution in [0.3, 0.4) is 0 Å². The van der Waals surface area contributed by atoms with Gasteiger partial charge in [0.05, 0.1) is 9.90 Å². The molecule has 2 nitrogen and oxygen atoms in total. The molecule has 1 heterocycles. The molecule has 0 aliphatic rings. The summed E-state index contributed by atoms with van der Waals surface area (Å²) >= 11 is 7.00. The van der Waals surface area contributed by atoms with Gasteiger partial charge in [-0.25, -0.2) is 0 Å². The first-order valence-electron chi connectivity index (χ1n) is 2.29. The second-order valence-corrected chi connectivity index (χ2v) is 2.83. The van der Waals surface area contributed by atoms with Crippen LogP contribution in [0.2, 0.25) is 5.02 Å². The molecule has 0 fully saturated rings. The predicted octanol–water partition coefficient (Wildman–Crippen LogP) is 2.53. The van der Waals surface area contributed by atoms with Crippen molar-refractivity contribution in [2.45, 2.75) is 0 Å². The first-order chi connectivity index (χ1) is 4.22. The summed E-state index contributed by atoms with van der Waals surface area (Å²) < 4.78 is 0. The minimum Gasteiger partial charge on any atom is -0.383 e. The van der Waals surface area contributed by atoms with Gasteiger partial charge in [0.2, 0.25) is 0 Å². The minimum absolute atomic E-state index is 0. The highest BCUT2D eigenvalue weighted by Gasteiger charge is 2.02. The summed E-state index contributed by atoms with van der Waals surface area (Å²) in [4.78, 5) is 0.650. The summed E-state index contributed by atoms with van der Waals surface area (Å²) in [5.74, 6) is 0.0370. The Labute approximate surface area is 86.1 Å². The third-order valence-corrected chi connectivity index (χ3v) is 2.24. The Kier molecular flexibility index (Phi) is 7.01. The molecule has 1 rings (SSSR count). The molecule has 0 bridgehead atoms. The monoisotopic (exact) mass is 232 g/mol. The van der Waals surface area contributed by atoms with Crippen molar-refractivity contribution in [1.82, 2.24) is 0 Å². The molecule has 0 saturated carbocycles. The zero-order valence-corrected chi connectivity index (χ0v) is 8.54. The van der Waals surface area contributed by atoms with E-state index in [-0.39, 0.29) is 30.6 Å². The molecular formula is C5H7Cl3N2S. The average molecular weight is 234 g/mol. The fraction of sp³-hybridized carbons (Fsp3) is 0. The van der Waals surface area contributed by atoms with E-state index in [0.717, 1.165) is 0 Å². The molecular weight excluding hydrogens is 226 g/mol. The number of nitrogens with two attached hydrogens (primary N) is 1. The lowest BCUT2D eigenvalue weighted by atomic mass is 10.4. The average Bonchev–Trinajstić information content (AvgIpc) is 2.13. The first kappa shape index (κ1) is 13.6. The molecule has 0 spiro atoms. The topological polar surface area (TPSA) is 49.9 Å². The molecule has 11 heavy (non-hydrogen) atoms. The molecule has 0 aromatic carbocycles. The van der Waals surface area contributed by atoms with Gasteiger partial charge < -0.3 is 5.73 Å². The molecule has 1 aromatic rings. The molecule has 6 heteroatoms. The molecule has 3 N–H and O–H groups in total. The number of hydrogen-bond acceptors (Lipinski definition) is 2. The van der Waals surface area contributed by atoms with Gasteiger partial charge in [0.25, 0.3) is 0 Å². The predicted molar refractivity (Wildman–Crippen MR) is 54.8 cm³/mol. The summed E-state index contributed by atoms with van der Waals surface area (Å²) in [5.41, 5.74) is 5.17. The Morgan fingerprint density at radius 1 is 1.55 bits per heavy atom. The Hall–Kier alpha value is 0.0400. The van der Waals surface area contributed by atoms with E-state index < -0.39 is 0 Å². The van der Waals surface area contributed by atoms with Crippen LogP contribution in [0.25, 0.3) is 0 Å². The molecule has 0 atom stereocenters. The first-order valence-corrected chi connectivity index (χ1v) is 3.55. The van der Waals surface area contributed by atoms with Gasteiger partial charge in [0.1, 0.15) is 5.84 Å². The maximum atomic E-state index is 7.00. The maximum absolute atomic E-state index is 7.00. The van der Waals surface area contributed by atoms with Crippen LogP contribution in [0.15, 0.2) is 11.4 Å². The van der Waals surface area contributed by atoms with Crippen LogP contribution in [-0.4, -0.2) is 5.84 Å². The number of nitrogen functional groups attached to an aromatic ring is 1. The Balaban J connectivity index is 0. The summed E-state index contributed by atoms with van der Waals surface area (Å²) in [6.45, 7) is 0.